The monoisotopic (exact) mass is 169 g/mol. The molecule has 0 fully saturated rings. The Morgan fingerprint density at radius 1 is 1.27 bits per heavy atom. The van der Waals surface area contributed by atoms with Crippen LogP contribution in [0.15, 0.2) is 12.4 Å². The molecule has 2 heteroatoms. The van der Waals surface area contributed by atoms with Gasteiger partial charge in [-0.25, -0.2) is 0 Å². The van der Waals surface area contributed by atoms with E-state index in [1.54, 1.807) is 0 Å². The lowest BCUT2D eigenvalue weighted by atomic mass is 10.0. The maximum absolute atomic E-state index is 5.99. The van der Waals surface area contributed by atoms with Crippen LogP contribution in [0.2, 0.25) is 0 Å². The Hall–Kier alpha value is -0.560. The molecule has 0 aliphatic rings. The highest BCUT2D eigenvalue weighted by atomic mass is 35.5. The van der Waals surface area contributed by atoms with Gasteiger partial charge in [-0.3, -0.25) is 4.98 Å². The highest BCUT2D eigenvalue weighted by Crippen LogP contribution is 2.24. The minimum Gasteiger partial charge on any atom is -0.264 e. The van der Waals surface area contributed by atoms with Crippen LogP contribution in [0.4, 0.5) is 0 Å². The van der Waals surface area contributed by atoms with Crippen molar-refractivity contribution in [3.8, 4) is 0 Å². The second kappa shape index (κ2) is 3.22. The van der Waals surface area contributed by atoms with E-state index in [9.17, 15) is 0 Å². The van der Waals surface area contributed by atoms with Gasteiger partial charge in [0, 0.05) is 12.4 Å². The van der Waals surface area contributed by atoms with Crippen molar-refractivity contribution in [3.63, 3.8) is 0 Å². The van der Waals surface area contributed by atoms with Crippen molar-refractivity contribution in [2.24, 2.45) is 0 Å². The zero-order chi connectivity index (χ0) is 8.43. The van der Waals surface area contributed by atoms with Gasteiger partial charge in [0.25, 0.3) is 0 Å². The van der Waals surface area contributed by atoms with Crippen molar-refractivity contribution in [2.45, 2.75) is 26.1 Å². The summed E-state index contributed by atoms with van der Waals surface area (Å²) in [5, 5.41) is 0.0815. The first-order chi connectivity index (χ1) is 5.13. The van der Waals surface area contributed by atoms with E-state index in [1.165, 1.54) is 16.7 Å². The Kier molecular flexibility index (Phi) is 2.50. The quantitative estimate of drug-likeness (QED) is 0.589. The summed E-state index contributed by atoms with van der Waals surface area (Å²) in [5.41, 5.74) is 3.56. The van der Waals surface area contributed by atoms with E-state index in [0.717, 1.165) is 0 Å². The Balaban J connectivity index is 3.21. The Labute approximate surface area is 72.4 Å². The van der Waals surface area contributed by atoms with Gasteiger partial charge in [-0.15, -0.1) is 11.6 Å². The van der Waals surface area contributed by atoms with E-state index in [2.05, 4.69) is 4.98 Å². The van der Waals surface area contributed by atoms with Crippen LogP contribution in [-0.4, -0.2) is 4.98 Å². The zero-order valence-corrected chi connectivity index (χ0v) is 7.81. The molecule has 0 saturated heterocycles. The fourth-order valence-corrected chi connectivity index (χ4v) is 1.68. The topological polar surface area (TPSA) is 12.9 Å². The molecule has 11 heavy (non-hydrogen) atoms. The summed E-state index contributed by atoms with van der Waals surface area (Å²) >= 11 is 5.99. The van der Waals surface area contributed by atoms with Gasteiger partial charge < -0.3 is 0 Å². The molecule has 1 heterocycles. The minimum atomic E-state index is 0.0815. The van der Waals surface area contributed by atoms with Crippen molar-refractivity contribution < 1.29 is 0 Å². The van der Waals surface area contributed by atoms with Gasteiger partial charge in [0.1, 0.15) is 0 Å². The first kappa shape index (κ1) is 8.54. The van der Waals surface area contributed by atoms with Gasteiger partial charge >= 0.3 is 0 Å². The average Bonchev–Trinajstić information content (AvgIpc) is 1.85. The van der Waals surface area contributed by atoms with Gasteiger partial charge in [-0.2, -0.15) is 0 Å². The first-order valence-electron chi connectivity index (χ1n) is 3.68. The third kappa shape index (κ3) is 1.72. The molecule has 0 saturated carbocycles. The van der Waals surface area contributed by atoms with Crippen molar-refractivity contribution in [3.05, 3.63) is 29.1 Å². The second-order valence-electron chi connectivity index (χ2n) is 2.80. The molecule has 0 N–H and O–H groups in total. The highest BCUT2D eigenvalue weighted by molar-refractivity contribution is 6.20. The van der Waals surface area contributed by atoms with Crippen LogP contribution in [0.3, 0.4) is 0 Å². The van der Waals surface area contributed by atoms with Crippen LogP contribution >= 0.6 is 11.6 Å². The predicted octanol–water partition coefficient (Wildman–Crippen LogP) is 3.00. The Morgan fingerprint density at radius 3 is 2.00 bits per heavy atom. The number of aromatic nitrogens is 1. The zero-order valence-electron chi connectivity index (χ0n) is 7.06. The summed E-state index contributed by atoms with van der Waals surface area (Å²) < 4.78 is 0. The third-order valence-electron chi connectivity index (χ3n) is 1.78. The largest absolute Gasteiger partial charge is 0.264 e. The van der Waals surface area contributed by atoms with E-state index in [1.807, 2.05) is 33.2 Å². The standard InChI is InChI=1S/C9H12ClN/c1-6-4-11-5-7(2)9(6)8(3)10/h4-5,8H,1-3H3. The van der Waals surface area contributed by atoms with Gasteiger partial charge in [0.15, 0.2) is 0 Å². The Bertz CT molecular complexity index is 235. The van der Waals surface area contributed by atoms with E-state index in [4.69, 9.17) is 11.6 Å². The molecular formula is C9H12ClN. The van der Waals surface area contributed by atoms with Crippen molar-refractivity contribution in [1.82, 2.24) is 4.98 Å². The fourth-order valence-electron chi connectivity index (χ4n) is 1.34. The highest BCUT2D eigenvalue weighted by Gasteiger charge is 2.07. The molecule has 0 radical (unpaired) electrons. The molecular weight excluding hydrogens is 158 g/mol. The molecule has 1 atom stereocenters. The molecule has 0 aliphatic heterocycles. The SMILES string of the molecule is Cc1cncc(C)c1C(C)Cl. The van der Waals surface area contributed by atoms with E-state index < -0.39 is 0 Å². The van der Waals surface area contributed by atoms with Crippen LogP contribution in [0, 0.1) is 13.8 Å². The van der Waals surface area contributed by atoms with Crippen molar-refractivity contribution in [2.75, 3.05) is 0 Å². The summed E-state index contributed by atoms with van der Waals surface area (Å²) in [5.74, 6) is 0. The number of pyridine rings is 1. The number of halogens is 1. The third-order valence-corrected chi connectivity index (χ3v) is 2.00. The maximum atomic E-state index is 5.99. The molecule has 1 aromatic rings. The first-order valence-corrected chi connectivity index (χ1v) is 4.11. The summed E-state index contributed by atoms with van der Waals surface area (Å²) in [7, 11) is 0. The van der Waals surface area contributed by atoms with E-state index >= 15 is 0 Å². The van der Waals surface area contributed by atoms with E-state index in [0.29, 0.717) is 0 Å². The molecule has 1 nitrogen and oxygen atoms in total. The molecule has 1 aromatic heterocycles. The number of hydrogen-bond donors (Lipinski definition) is 0. The van der Waals surface area contributed by atoms with Gasteiger partial charge in [-0.05, 0) is 37.5 Å². The Morgan fingerprint density at radius 2 is 1.73 bits per heavy atom. The molecule has 60 valence electrons. The molecule has 1 unspecified atom stereocenters. The minimum absolute atomic E-state index is 0.0815. The molecule has 0 amide bonds. The summed E-state index contributed by atoms with van der Waals surface area (Å²) in [4.78, 5) is 4.07. The lowest BCUT2D eigenvalue weighted by Crippen LogP contribution is -1.94. The predicted molar refractivity (Wildman–Crippen MR) is 48.0 cm³/mol. The number of hydrogen-bond acceptors (Lipinski definition) is 1. The molecule has 0 bridgehead atoms. The van der Waals surface area contributed by atoms with Crippen LogP contribution in [0.25, 0.3) is 0 Å². The van der Waals surface area contributed by atoms with Crippen LogP contribution in [0.5, 0.6) is 0 Å². The van der Waals surface area contributed by atoms with Gasteiger partial charge in [-0.1, -0.05) is 0 Å². The number of aryl methyl sites for hydroxylation is 2. The molecule has 1 rings (SSSR count). The molecule has 0 aromatic carbocycles. The van der Waals surface area contributed by atoms with Crippen LogP contribution < -0.4 is 0 Å². The lowest BCUT2D eigenvalue weighted by molar-refractivity contribution is 1.01. The molecule has 0 spiro atoms. The van der Waals surface area contributed by atoms with Crippen LogP contribution in [-0.2, 0) is 0 Å². The smallest absolute Gasteiger partial charge is 0.0563 e. The second-order valence-corrected chi connectivity index (χ2v) is 3.46. The normalized spacial score (nSPS) is 13.1. The summed E-state index contributed by atoms with van der Waals surface area (Å²) in [6, 6.07) is 0. The van der Waals surface area contributed by atoms with E-state index in [-0.39, 0.29) is 5.38 Å². The van der Waals surface area contributed by atoms with Gasteiger partial charge in [0.2, 0.25) is 0 Å². The number of rotatable bonds is 1. The summed E-state index contributed by atoms with van der Waals surface area (Å²) in [6.07, 6.45) is 3.70. The van der Waals surface area contributed by atoms with Gasteiger partial charge in [0.05, 0.1) is 5.38 Å². The average molecular weight is 170 g/mol. The number of nitrogens with zero attached hydrogens (tertiary/aromatic N) is 1. The lowest BCUT2D eigenvalue weighted by Gasteiger charge is -2.09. The summed E-state index contributed by atoms with van der Waals surface area (Å²) in [6.45, 7) is 6.05. The fraction of sp³-hybridized carbons (Fsp3) is 0.444. The number of alkyl halides is 1. The molecule has 0 aliphatic carbocycles. The van der Waals surface area contributed by atoms with Crippen LogP contribution in [0.1, 0.15) is 29.0 Å². The van der Waals surface area contributed by atoms with Crippen molar-refractivity contribution in [1.29, 1.82) is 0 Å². The maximum Gasteiger partial charge on any atom is 0.0563 e. The van der Waals surface area contributed by atoms with Crippen molar-refractivity contribution >= 4 is 11.6 Å².